The molecule has 138 valence electrons. The fraction of sp³-hybridized carbons (Fsp3) is 0.529. The minimum atomic E-state index is -3.74. The second-order valence-electron chi connectivity index (χ2n) is 6.04. The van der Waals surface area contributed by atoms with Crippen LogP contribution in [0.4, 0.5) is 0 Å². The van der Waals surface area contributed by atoms with E-state index in [1.54, 1.807) is 6.92 Å². The van der Waals surface area contributed by atoms with E-state index in [0.29, 0.717) is 32.2 Å². The highest BCUT2D eigenvalue weighted by molar-refractivity contribution is 7.89. The molecule has 0 unspecified atom stereocenters. The van der Waals surface area contributed by atoms with E-state index >= 15 is 0 Å². The Kier molecular flexibility index (Phi) is 6.59. The molecule has 2 rings (SSSR count). The van der Waals surface area contributed by atoms with E-state index in [4.69, 9.17) is 16.3 Å². The zero-order valence-corrected chi connectivity index (χ0v) is 15.8. The van der Waals surface area contributed by atoms with E-state index in [9.17, 15) is 18.0 Å². The average molecular weight is 388 g/mol. The van der Waals surface area contributed by atoms with Gasteiger partial charge in [-0.1, -0.05) is 19.1 Å². The number of rotatable bonds is 6. The molecule has 0 aliphatic heterocycles. The Balaban J connectivity index is 2.21. The van der Waals surface area contributed by atoms with Crippen LogP contribution < -0.4 is 0 Å². The molecule has 1 fully saturated rings. The molecule has 0 heterocycles. The third-order valence-corrected chi connectivity index (χ3v) is 6.86. The summed E-state index contributed by atoms with van der Waals surface area (Å²) in [6.07, 6.45) is 2.40. The number of sulfonamides is 1. The highest BCUT2D eigenvalue weighted by Gasteiger charge is 2.35. The van der Waals surface area contributed by atoms with Crippen LogP contribution in [0.3, 0.4) is 0 Å². The molecule has 1 saturated carbocycles. The van der Waals surface area contributed by atoms with Gasteiger partial charge in [0.1, 0.15) is 0 Å². The normalized spacial score (nSPS) is 21.1. The molecule has 0 N–H and O–H groups in total. The van der Waals surface area contributed by atoms with Crippen LogP contribution >= 0.6 is 11.6 Å². The fourth-order valence-electron chi connectivity index (χ4n) is 3.30. The molecule has 1 aliphatic rings. The van der Waals surface area contributed by atoms with E-state index in [1.807, 2.05) is 0 Å². The molecule has 0 amide bonds. The van der Waals surface area contributed by atoms with Gasteiger partial charge in [0, 0.05) is 18.2 Å². The summed E-state index contributed by atoms with van der Waals surface area (Å²) in [7, 11) is -2.38. The van der Waals surface area contributed by atoms with Gasteiger partial charge in [0.2, 0.25) is 10.0 Å². The highest BCUT2D eigenvalue weighted by atomic mass is 35.5. The van der Waals surface area contributed by atoms with Crippen LogP contribution in [-0.2, 0) is 19.6 Å². The lowest BCUT2D eigenvalue weighted by Crippen LogP contribution is -2.43. The summed E-state index contributed by atoms with van der Waals surface area (Å²) in [6.45, 7) is 2.09. The highest BCUT2D eigenvalue weighted by Crippen LogP contribution is 2.31. The Bertz CT molecular complexity index is 741. The first kappa shape index (κ1) is 19.9. The standard InChI is InChI=1S/C17H22ClNO5S/c1-3-19(14-9-7-12(8-10-14)17(21)24-2)25(22,23)15-6-4-5-13(11-15)16(18)20/h4-6,11-12,14H,3,7-10H2,1-2H3. The maximum absolute atomic E-state index is 13.0. The zero-order valence-electron chi connectivity index (χ0n) is 14.3. The fourth-order valence-corrected chi connectivity index (χ4v) is 5.16. The van der Waals surface area contributed by atoms with Crippen molar-refractivity contribution in [2.45, 2.75) is 43.5 Å². The second kappa shape index (κ2) is 8.29. The number of carbonyl (C=O) groups excluding carboxylic acids is 2. The SMILES string of the molecule is CCN(C1CCC(C(=O)OC)CC1)S(=O)(=O)c1cccc(C(=O)Cl)c1. The third kappa shape index (κ3) is 4.40. The summed E-state index contributed by atoms with van der Waals surface area (Å²) in [5.41, 5.74) is 0.146. The molecular weight excluding hydrogens is 366 g/mol. The summed E-state index contributed by atoms with van der Waals surface area (Å²) in [5.74, 6) is -0.405. The average Bonchev–Trinajstić information content (AvgIpc) is 2.62. The summed E-state index contributed by atoms with van der Waals surface area (Å²) in [4.78, 5) is 23.0. The lowest BCUT2D eigenvalue weighted by molar-refractivity contribution is -0.146. The van der Waals surface area contributed by atoms with Gasteiger partial charge in [-0.2, -0.15) is 4.31 Å². The van der Waals surface area contributed by atoms with Crippen LogP contribution in [0.15, 0.2) is 29.2 Å². The van der Waals surface area contributed by atoms with Crippen molar-refractivity contribution in [3.8, 4) is 0 Å². The molecule has 0 spiro atoms. The van der Waals surface area contributed by atoms with Crippen molar-refractivity contribution in [3.05, 3.63) is 29.8 Å². The first-order valence-electron chi connectivity index (χ1n) is 8.20. The topological polar surface area (TPSA) is 80.8 Å². The first-order valence-corrected chi connectivity index (χ1v) is 10.0. The van der Waals surface area contributed by atoms with Crippen molar-refractivity contribution in [2.24, 2.45) is 5.92 Å². The van der Waals surface area contributed by atoms with Crippen molar-refractivity contribution in [1.82, 2.24) is 4.31 Å². The number of halogens is 1. The van der Waals surface area contributed by atoms with Crippen molar-refractivity contribution in [3.63, 3.8) is 0 Å². The van der Waals surface area contributed by atoms with Gasteiger partial charge in [0.15, 0.2) is 0 Å². The molecule has 25 heavy (non-hydrogen) atoms. The quantitative estimate of drug-likeness (QED) is 0.553. The summed E-state index contributed by atoms with van der Waals surface area (Å²) in [5, 5.41) is -0.696. The number of benzene rings is 1. The van der Waals surface area contributed by atoms with Gasteiger partial charge in [-0.25, -0.2) is 8.42 Å². The van der Waals surface area contributed by atoms with Gasteiger partial charge in [0.25, 0.3) is 5.24 Å². The van der Waals surface area contributed by atoms with Gasteiger partial charge in [0.05, 0.1) is 17.9 Å². The largest absolute Gasteiger partial charge is 0.469 e. The Morgan fingerprint density at radius 1 is 1.24 bits per heavy atom. The molecule has 1 aromatic carbocycles. The van der Waals surface area contributed by atoms with E-state index in [1.165, 1.54) is 35.7 Å². The summed E-state index contributed by atoms with van der Waals surface area (Å²) in [6, 6.07) is 5.57. The van der Waals surface area contributed by atoms with Gasteiger partial charge in [-0.3, -0.25) is 9.59 Å². The predicted octanol–water partition coefficient (Wildman–Crippen LogP) is 2.81. The van der Waals surface area contributed by atoms with Gasteiger partial charge >= 0.3 is 5.97 Å². The molecule has 0 aromatic heterocycles. The monoisotopic (exact) mass is 387 g/mol. The van der Waals surface area contributed by atoms with E-state index in [0.717, 1.165) is 0 Å². The smallest absolute Gasteiger partial charge is 0.308 e. The molecule has 0 saturated heterocycles. The van der Waals surface area contributed by atoms with Crippen LogP contribution in [0, 0.1) is 5.92 Å². The Morgan fingerprint density at radius 2 is 1.88 bits per heavy atom. The molecular formula is C17H22ClNO5S. The lowest BCUT2D eigenvalue weighted by atomic mass is 9.86. The van der Waals surface area contributed by atoms with Crippen molar-refractivity contribution >= 4 is 32.8 Å². The molecule has 6 nitrogen and oxygen atoms in total. The lowest BCUT2D eigenvalue weighted by Gasteiger charge is -2.34. The molecule has 0 bridgehead atoms. The van der Waals surface area contributed by atoms with Crippen LogP contribution in [0.25, 0.3) is 0 Å². The Labute approximate surface area is 153 Å². The van der Waals surface area contributed by atoms with Crippen LogP contribution in [0.2, 0.25) is 0 Å². The second-order valence-corrected chi connectivity index (χ2v) is 8.27. The summed E-state index contributed by atoms with van der Waals surface area (Å²) < 4.78 is 32.2. The summed E-state index contributed by atoms with van der Waals surface area (Å²) >= 11 is 5.46. The number of carbonyl (C=O) groups is 2. The van der Waals surface area contributed by atoms with Crippen molar-refractivity contribution < 1.29 is 22.7 Å². The molecule has 8 heteroatoms. The number of hydrogen-bond acceptors (Lipinski definition) is 5. The van der Waals surface area contributed by atoms with Gasteiger partial charge < -0.3 is 4.74 Å². The number of methoxy groups -OCH3 is 1. The number of esters is 1. The number of hydrogen-bond donors (Lipinski definition) is 0. The predicted molar refractivity (Wildman–Crippen MR) is 94.0 cm³/mol. The first-order chi connectivity index (χ1) is 11.8. The van der Waals surface area contributed by atoms with E-state index in [2.05, 4.69) is 0 Å². The maximum atomic E-state index is 13.0. The third-order valence-electron chi connectivity index (χ3n) is 4.62. The van der Waals surface area contributed by atoms with E-state index < -0.39 is 15.3 Å². The maximum Gasteiger partial charge on any atom is 0.308 e. The van der Waals surface area contributed by atoms with Crippen molar-refractivity contribution in [1.29, 1.82) is 0 Å². The van der Waals surface area contributed by atoms with Crippen LogP contribution in [0.1, 0.15) is 43.0 Å². The Morgan fingerprint density at radius 3 is 2.40 bits per heavy atom. The molecule has 0 atom stereocenters. The van der Waals surface area contributed by atoms with Crippen LogP contribution in [0.5, 0.6) is 0 Å². The minimum Gasteiger partial charge on any atom is -0.469 e. The van der Waals surface area contributed by atoms with Gasteiger partial charge in [-0.05, 0) is 49.4 Å². The molecule has 1 aliphatic carbocycles. The zero-order chi connectivity index (χ0) is 18.6. The van der Waals surface area contributed by atoms with Crippen LogP contribution in [-0.4, -0.2) is 43.6 Å². The van der Waals surface area contributed by atoms with Gasteiger partial charge in [-0.15, -0.1) is 0 Å². The minimum absolute atomic E-state index is 0.0518. The molecule has 0 radical (unpaired) electrons. The number of nitrogens with zero attached hydrogens (tertiary/aromatic N) is 1. The Hall–Kier alpha value is -1.44. The van der Waals surface area contributed by atoms with Crippen molar-refractivity contribution in [2.75, 3.05) is 13.7 Å². The molecule has 1 aromatic rings. The number of ether oxygens (including phenoxy) is 1. The van der Waals surface area contributed by atoms with E-state index in [-0.39, 0.29) is 28.4 Å².